The Bertz CT molecular complexity index is 1130. The molecule has 33 heavy (non-hydrogen) atoms. The van der Waals surface area contributed by atoms with Gasteiger partial charge in [0.15, 0.2) is 0 Å². The number of carbonyl (C=O) groups excluding carboxylic acids is 1. The molecule has 1 amide bonds. The maximum Gasteiger partial charge on any atom is 0.238 e. The summed E-state index contributed by atoms with van der Waals surface area (Å²) < 4.78 is 27.6. The quantitative estimate of drug-likeness (QED) is 0.376. The number of rotatable bonds is 11. The van der Waals surface area contributed by atoms with Crippen LogP contribution in [-0.4, -0.2) is 36.6 Å². The van der Waals surface area contributed by atoms with Crippen LogP contribution in [0.4, 0.5) is 0 Å². The number of benzene rings is 2. The molecule has 0 N–H and O–H groups in total. The molecule has 0 atom stereocenters. The average Bonchev–Trinajstić information content (AvgIpc) is 3.31. The first-order chi connectivity index (χ1) is 15.8. The fourth-order valence-electron chi connectivity index (χ4n) is 3.36. The molecule has 5 nitrogen and oxygen atoms in total. The van der Waals surface area contributed by atoms with Crippen molar-refractivity contribution in [3.8, 4) is 0 Å². The maximum absolute atomic E-state index is 13.4. The second-order valence-corrected chi connectivity index (χ2v) is 11.1. The molecule has 0 saturated heterocycles. The van der Waals surface area contributed by atoms with E-state index in [0.29, 0.717) is 13.1 Å². The zero-order chi connectivity index (χ0) is 23.7. The van der Waals surface area contributed by atoms with E-state index in [4.69, 9.17) is 0 Å². The number of carbonyl (C=O) groups is 1. The minimum Gasteiger partial charge on any atom is -0.332 e. The molecule has 0 aliphatic heterocycles. The third-order valence-electron chi connectivity index (χ3n) is 4.97. The van der Waals surface area contributed by atoms with E-state index in [2.05, 4.69) is 0 Å². The summed E-state index contributed by atoms with van der Waals surface area (Å²) in [7, 11) is -3.77. The van der Waals surface area contributed by atoms with Crippen molar-refractivity contribution in [3.05, 3.63) is 99.6 Å². The van der Waals surface area contributed by atoms with Crippen LogP contribution in [0.25, 0.3) is 6.08 Å². The van der Waals surface area contributed by atoms with Gasteiger partial charge in [-0.3, -0.25) is 4.79 Å². The van der Waals surface area contributed by atoms with Crippen molar-refractivity contribution < 1.29 is 13.2 Å². The summed E-state index contributed by atoms with van der Waals surface area (Å²) in [6.07, 6.45) is 1.57. The Balaban J connectivity index is 1.81. The molecule has 2 aromatic carbocycles. The predicted molar refractivity (Wildman–Crippen MR) is 136 cm³/mol. The van der Waals surface area contributed by atoms with Gasteiger partial charge in [0.2, 0.25) is 15.9 Å². The summed E-state index contributed by atoms with van der Waals surface area (Å²) in [5.41, 5.74) is 1.80. The highest BCUT2D eigenvalue weighted by atomic mass is 32.2. The molecule has 0 fully saturated rings. The van der Waals surface area contributed by atoms with E-state index in [9.17, 15) is 13.2 Å². The van der Waals surface area contributed by atoms with Crippen LogP contribution in [0, 0.1) is 5.92 Å². The lowest BCUT2D eigenvalue weighted by Gasteiger charge is -2.27. The van der Waals surface area contributed by atoms with Gasteiger partial charge in [0.25, 0.3) is 0 Å². The molecule has 1 aromatic heterocycles. The molecular formula is C26H30N2O3S2. The first kappa shape index (κ1) is 24.9. The second kappa shape index (κ2) is 11.9. The van der Waals surface area contributed by atoms with Crippen molar-refractivity contribution in [2.75, 3.05) is 13.1 Å². The molecule has 0 aliphatic carbocycles. The largest absolute Gasteiger partial charge is 0.332 e. The summed E-state index contributed by atoms with van der Waals surface area (Å²) >= 11 is 1.58. The number of nitrogens with zero attached hydrogens (tertiary/aromatic N) is 2. The van der Waals surface area contributed by atoms with Gasteiger partial charge < -0.3 is 4.90 Å². The van der Waals surface area contributed by atoms with Gasteiger partial charge >= 0.3 is 0 Å². The van der Waals surface area contributed by atoms with Gasteiger partial charge in [-0.05, 0) is 34.6 Å². The number of hydrogen-bond donors (Lipinski definition) is 0. The molecule has 0 saturated carbocycles. The zero-order valence-electron chi connectivity index (χ0n) is 19.0. The molecule has 0 unspecified atom stereocenters. The Morgan fingerprint density at radius 2 is 1.61 bits per heavy atom. The Labute approximate surface area is 201 Å². The van der Waals surface area contributed by atoms with E-state index >= 15 is 0 Å². The van der Waals surface area contributed by atoms with Crippen molar-refractivity contribution in [1.29, 1.82) is 0 Å². The zero-order valence-corrected chi connectivity index (χ0v) is 20.6. The lowest BCUT2D eigenvalue weighted by molar-refractivity contribution is -0.132. The van der Waals surface area contributed by atoms with E-state index in [1.165, 1.54) is 9.71 Å². The third-order valence-corrected chi connectivity index (χ3v) is 7.31. The van der Waals surface area contributed by atoms with Gasteiger partial charge in [-0.25, -0.2) is 8.42 Å². The van der Waals surface area contributed by atoms with Crippen LogP contribution in [0.5, 0.6) is 0 Å². The lowest BCUT2D eigenvalue weighted by Crippen LogP contribution is -2.43. The van der Waals surface area contributed by atoms with Crippen LogP contribution in [0.3, 0.4) is 0 Å². The van der Waals surface area contributed by atoms with Crippen LogP contribution in [0.1, 0.15) is 29.9 Å². The van der Waals surface area contributed by atoms with Crippen molar-refractivity contribution in [3.63, 3.8) is 0 Å². The maximum atomic E-state index is 13.4. The van der Waals surface area contributed by atoms with Crippen molar-refractivity contribution in [2.45, 2.75) is 26.9 Å². The number of sulfonamides is 1. The van der Waals surface area contributed by atoms with Gasteiger partial charge in [0.1, 0.15) is 0 Å². The van der Waals surface area contributed by atoms with Gasteiger partial charge in [0, 0.05) is 23.4 Å². The lowest BCUT2D eigenvalue weighted by atomic mass is 10.2. The molecule has 7 heteroatoms. The Morgan fingerprint density at radius 3 is 2.21 bits per heavy atom. The molecular weight excluding hydrogens is 452 g/mol. The summed E-state index contributed by atoms with van der Waals surface area (Å²) in [5.74, 6) is -0.137. The SMILES string of the molecule is CC(C)CN(CC(=O)N(Cc1ccccc1)Cc1cccs1)S(=O)(=O)/C=C/c1ccccc1. The molecule has 0 radical (unpaired) electrons. The van der Waals surface area contributed by atoms with Crippen LogP contribution in [0.15, 0.2) is 83.6 Å². The normalized spacial score (nSPS) is 12.0. The van der Waals surface area contributed by atoms with Gasteiger partial charge in [0.05, 0.1) is 13.1 Å². The molecule has 1 heterocycles. The predicted octanol–water partition coefficient (Wildman–Crippen LogP) is 5.24. The van der Waals surface area contributed by atoms with Gasteiger partial charge in [-0.15, -0.1) is 11.3 Å². The smallest absolute Gasteiger partial charge is 0.238 e. The van der Waals surface area contributed by atoms with Crippen molar-refractivity contribution >= 4 is 33.3 Å². The fraction of sp³-hybridized carbons (Fsp3) is 0.269. The second-order valence-electron chi connectivity index (χ2n) is 8.26. The molecule has 0 spiro atoms. The van der Waals surface area contributed by atoms with Crippen molar-refractivity contribution in [1.82, 2.24) is 9.21 Å². The molecule has 3 rings (SSSR count). The van der Waals surface area contributed by atoms with E-state index in [-0.39, 0.29) is 24.9 Å². The number of amides is 1. The minimum atomic E-state index is -3.77. The molecule has 0 bridgehead atoms. The Hall–Kier alpha value is -2.74. The first-order valence-corrected chi connectivity index (χ1v) is 13.3. The monoisotopic (exact) mass is 482 g/mol. The van der Waals surface area contributed by atoms with Crippen LogP contribution < -0.4 is 0 Å². The van der Waals surface area contributed by atoms with Crippen LogP contribution in [0.2, 0.25) is 0 Å². The van der Waals surface area contributed by atoms with E-state index in [1.807, 2.05) is 92.0 Å². The van der Waals surface area contributed by atoms with Gasteiger partial charge in [-0.2, -0.15) is 4.31 Å². The van der Waals surface area contributed by atoms with Crippen LogP contribution >= 0.6 is 11.3 Å². The minimum absolute atomic E-state index is 0.0811. The Kier molecular flexibility index (Phi) is 9.00. The average molecular weight is 483 g/mol. The Morgan fingerprint density at radius 1 is 0.939 bits per heavy atom. The topological polar surface area (TPSA) is 57.7 Å². The van der Waals surface area contributed by atoms with Gasteiger partial charge in [-0.1, -0.05) is 80.6 Å². The highest BCUT2D eigenvalue weighted by molar-refractivity contribution is 7.92. The third kappa shape index (κ3) is 7.96. The summed E-state index contributed by atoms with van der Waals surface area (Å²) in [4.78, 5) is 16.2. The summed E-state index contributed by atoms with van der Waals surface area (Å²) in [6.45, 7) is 4.83. The fourth-order valence-corrected chi connectivity index (χ4v) is 5.38. The van der Waals surface area contributed by atoms with E-state index in [1.54, 1.807) is 22.3 Å². The molecule has 174 valence electrons. The highest BCUT2D eigenvalue weighted by Gasteiger charge is 2.26. The number of hydrogen-bond acceptors (Lipinski definition) is 4. The summed E-state index contributed by atoms with van der Waals surface area (Å²) in [5, 5.41) is 3.17. The highest BCUT2D eigenvalue weighted by Crippen LogP contribution is 2.17. The molecule has 0 aliphatic rings. The first-order valence-electron chi connectivity index (χ1n) is 10.9. The summed E-state index contributed by atoms with van der Waals surface area (Å²) in [6, 6.07) is 23.0. The molecule has 3 aromatic rings. The van der Waals surface area contributed by atoms with Crippen molar-refractivity contribution in [2.24, 2.45) is 5.92 Å². The number of thiophene rings is 1. The standard InChI is InChI=1S/C26H30N2O3S2/c1-22(2)18-28(33(30,31)17-15-23-10-5-3-6-11-23)21-26(29)27(20-25-14-9-16-32-25)19-24-12-7-4-8-13-24/h3-17,22H,18-21H2,1-2H3/b17-15+. The van der Waals surface area contributed by atoms with Crippen LogP contribution in [-0.2, 0) is 27.9 Å². The van der Waals surface area contributed by atoms with E-state index in [0.717, 1.165) is 16.0 Å². The van der Waals surface area contributed by atoms with E-state index < -0.39 is 10.0 Å².